The number of primary sulfonamides is 1. The molecule has 3 saturated carbocycles. The second-order valence-corrected chi connectivity index (χ2v) is 12.6. The number of carbonyl (C=O) groups is 1. The molecule has 4 unspecified atom stereocenters. The van der Waals surface area contributed by atoms with Crippen LogP contribution in [0, 0.1) is 29.1 Å². The molecule has 1 heterocycles. The number of halogens is 2. The number of carbonyl (C=O) groups excluding carboxylic acids is 1. The molecule has 180 valence electrons. The van der Waals surface area contributed by atoms with Crippen LogP contribution in [-0.2, 0) is 19.5 Å². The van der Waals surface area contributed by atoms with Gasteiger partial charge in [-0.1, -0.05) is 30.1 Å². The van der Waals surface area contributed by atoms with E-state index in [1.807, 2.05) is 6.26 Å². The zero-order valence-corrected chi connectivity index (χ0v) is 20.9. The fourth-order valence-corrected chi connectivity index (χ4v) is 8.57. The van der Waals surface area contributed by atoms with Gasteiger partial charge in [-0.15, -0.1) is 0 Å². The predicted octanol–water partition coefficient (Wildman–Crippen LogP) is 5.32. The van der Waals surface area contributed by atoms with Crippen LogP contribution >= 0.6 is 23.2 Å². The van der Waals surface area contributed by atoms with Gasteiger partial charge in [-0.3, -0.25) is 0 Å². The van der Waals surface area contributed by atoms with Gasteiger partial charge in [0.25, 0.3) is 0 Å². The van der Waals surface area contributed by atoms with Gasteiger partial charge in [0, 0.05) is 5.41 Å². The molecule has 0 radical (unpaired) electrons. The van der Waals surface area contributed by atoms with Crippen molar-refractivity contribution < 1.29 is 22.7 Å². The Hall–Kier alpha value is -1.28. The molecule has 5 rings (SSSR count). The highest BCUT2D eigenvalue weighted by atomic mass is 35.5. The first kappa shape index (κ1) is 23.5. The maximum Gasteiger partial charge on any atom is 0.339 e. The summed E-state index contributed by atoms with van der Waals surface area (Å²) >= 11 is 12.2. The number of ether oxygens (including phenoxy) is 2. The van der Waals surface area contributed by atoms with Crippen LogP contribution in [0.4, 0.5) is 0 Å². The fraction of sp³-hybridized carbons (Fsp3) is 0.625. The van der Waals surface area contributed by atoms with Gasteiger partial charge >= 0.3 is 5.97 Å². The van der Waals surface area contributed by atoms with Gasteiger partial charge in [0.15, 0.2) is 0 Å². The molecule has 9 heteroatoms. The van der Waals surface area contributed by atoms with Crippen molar-refractivity contribution >= 4 is 39.2 Å². The maximum atomic E-state index is 13.1. The Kier molecular flexibility index (Phi) is 6.00. The molecule has 1 aromatic carbocycles. The second-order valence-electron chi connectivity index (χ2n) is 10.3. The van der Waals surface area contributed by atoms with Gasteiger partial charge in [0.2, 0.25) is 10.0 Å². The van der Waals surface area contributed by atoms with Crippen LogP contribution in [0.5, 0.6) is 0 Å². The molecule has 1 aromatic rings. The zero-order chi connectivity index (χ0) is 23.5. The van der Waals surface area contributed by atoms with Crippen LogP contribution in [-0.4, -0.2) is 27.1 Å². The van der Waals surface area contributed by atoms with Crippen LogP contribution in [0.15, 0.2) is 28.9 Å². The van der Waals surface area contributed by atoms with E-state index in [4.69, 9.17) is 37.8 Å². The normalized spacial score (nSPS) is 35.5. The second kappa shape index (κ2) is 8.43. The van der Waals surface area contributed by atoms with E-state index >= 15 is 0 Å². The van der Waals surface area contributed by atoms with Crippen LogP contribution < -0.4 is 5.14 Å². The van der Waals surface area contributed by atoms with E-state index in [0.29, 0.717) is 23.7 Å². The third-order valence-corrected chi connectivity index (χ3v) is 10.4. The topological polar surface area (TPSA) is 95.7 Å². The molecule has 6 nitrogen and oxygen atoms in total. The standard InChI is InChI=1S/C24H29Cl2NO5S/c1-24-8-6-15-14-7-9-31-12-13(14)2-3-16(15)18(24)4-5-22(24)32-23(28)17-10-21(33(27,29)30)20(26)11-19(17)25/h10-12,14-16,18,22H,2-9H2,1H3,(H2,27,29,30)/t14?,15?,16?,18?,22-,24-/m0/s1. The number of esters is 1. The minimum Gasteiger partial charge on any atom is -0.501 e. The van der Waals surface area contributed by atoms with Gasteiger partial charge in [-0.25, -0.2) is 18.4 Å². The van der Waals surface area contributed by atoms with Gasteiger partial charge in [-0.2, -0.15) is 0 Å². The highest BCUT2D eigenvalue weighted by molar-refractivity contribution is 7.89. The largest absolute Gasteiger partial charge is 0.501 e. The zero-order valence-electron chi connectivity index (χ0n) is 18.6. The van der Waals surface area contributed by atoms with E-state index in [2.05, 4.69) is 6.92 Å². The molecular weight excluding hydrogens is 485 g/mol. The Morgan fingerprint density at radius 3 is 2.67 bits per heavy atom. The molecule has 4 aliphatic rings. The number of fused-ring (bicyclic) bond motifs is 5. The molecule has 1 aliphatic heterocycles. The van der Waals surface area contributed by atoms with Crippen molar-refractivity contribution in [3.05, 3.63) is 39.6 Å². The molecule has 3 fully saturated rings. The van der Waals surface area contributed by atoms with E-state index in [9.17, 15) is 13.2 Å². The predicted molar refractivity (Wildman–Crippen MR) is 125 cm³/mol. The summed E-state index contributed by atoms with van der Waals surface area (Å²) in [4.78, 5) is 12.8. The average molecular weight is 514 g/mol. The fourth-order valence-electron chi connectivity index (χ4n) is 7.17. The average Bonchev–Trinajstić information content (AvgIpc) is 3.08. The van der Waals surface area contributed by atoms with E-state index in [1.54, 1.807) is 0 Å². The van der Waals surface area contributed by atoms with Crippen molar-refractivity contribution in [1.82, 2.24) is 0 Å². The molecule has 2 N–H and O–H groups in total. The number of nitrogens with two attached hydrogens (primary N) is 1. The number of hydrogen-bond donors (Lipinski definition) is 1. The molecule has 0 aromatic heterocycles. The summed E-state index contributed by atoms with van der Waals surface area (Å²) in [6, 6.07) is 2.35. The molecule has 0 spiro atoms. The van der Waals surface area contributed by atoms with Crippen molar-refractivity contribution in [3.63, 3.8) is 0 Å². The van der Waals surface area contributed by atoms with E-state index < -0.39 is 16.0 Å². The summed E-state index contributed by atoms with van der Waals surface area (Å²) in [5.41, 5.74) is 1.36. The molecule has 3 aliphatic carbocycles. The number of hydrogen-bond acceptors (Lipinski definition) is 5. The molecule has 0 bridgehead atoms. The van der Waals surface area contributed by atoms with Crippen molar-refractivity contribution in [2.24, 2.45) is 34.2 Å². The van der Waals surface area contributed by atoms with Crippen molar-refractivity contribution in [2.45, 2.75) is 62.9 Å². The van der Waals surface area contributed by atoms with Gasteiger partial charge in [0.05, 0.1) is 28.5 Å². The molecule has 6 atom stereocenters. The lowest BCUT2D eigenvalue weighted by Crippen LogP contribution is -2.48. The molecule has 0 amide bonds. The first-order valence-corrected chi connectivity index (χ1v) is 13.9. The van der Waals surface area contributed by atoms with Crippen LogP contribution in [0.25, 0.3) is 0 Å². The molecule has 0 saturated heterocycles. The Balaban J connectivity index is 1.36. The van der Waals surface area contributed by atoms with E-state index in [1.165, 1.54) is 11.6 Å². The number of benzene rings is 1. The minimum atomic E-state index is -4.10. The lowest BCUT2D eigenvalue weighted by atomic mass is 9.53. The number of sulfonamides is 1. The van der Waals surface area contributed by atoms with Crippen molar-refractivity contribution in [3.8, 4) is 0 Å². The third-order valence-electron chi connectivity index (χ3n) is 8.74. The van der Waals surface area contributed by atoms with Crippen LogP contribution in [0.3, 0.4) is 0 Å². The smallest absolute Gasteiger partial charge is 0.339 e. The van der Waals surface area contributed by atoms with Crippen LogP contribution in [0.1, 0.15) is 62.2 Å². The Bertz CT molecular complexity index is 1120. The van der Waals surface area contributed by atoms with Crippen LogP contribution in [0.2, 0.25) is 10.0 Å². The highest BCUT2D eigenvalue weighted by Crippen LogP contribution is 2.62. The lowest BCUT2D eigenvalue weighted by molar-refractivity contribution is -0.0667. The summed E-state index contributed by atoms with van der Waals surface area (Å²) in [6.45, 7) is 3.06. The molecular formula is C24H29Cl2NO5S. The third kappa shape index (κ3) is 3.99. The monoisotopic (exact) mass is 513 g/mol. The summed E-state index contributed by atoms with van der Waals surface area (Å²) in [6.07, 6.45) is 9.13. The lowest BCUT2D eigenvalue weighted by Gasteiger charge is -2.53. The minimum absolute atomic E-state index is 0.0273. The van der Waals surface area contributed by atoms with Gasteiger partial charge < -0.3 is 9.47 Å². The maximum absolute atomic E-state index is 13.1. The Morgan fingerprint density at radius 2 is 1.91 bits per heavy atom. The summed E-state index contributed by atoms with van der Waals surface area (Å²) in [5.74, 6) is 1.84. The Morgan fingerprint density at radius 1 is 1.12 bits per heavy atom. The quantitative estimate of drug-likeness (QED) is 0.551. The first-order chi connectivity index (χ1) is 15.6. The number of allylic oxidation sites excluding steroid dienone is 1. The first-order valence-electron chi connectivity index (χ1n) is 11.6. The van der Waals surface area contributed by atoms with Gasteiger partial charge in [0.1, 0.15) is 11.0 Å². The van der Waals surface area contributed by atoms with Crippen molar-refractivity contribution in [2.75, 3.05) is 6.61 Å². The van der Waals surface area contributed by atoms with Gasteiger partial charge in [-0.05, 0) is 86.3 Å². The van der Waals surface area contributed by atoms with Crippen molar-refractivity contribution in [1.29, 1.82) is 0 Å². The summed E-state index contributed by atoms with van der Waals surface area (Å²) in [5, 5.41) is 5.17. The van der Waals surface area contributed by atoms with E-state index in [0.717, 1.165) is 57.6 Å². The highest BCUT2D eigenvalue weighted by Gasteiger charge is 2.57. The number of rotatable bonds is 3. The van der Waals surface area contributed by atoms with E-state index in [-0.39, 0.29) is 32.0 Å². The summed E-state index contributed by atoms with van der Waals surface area (Å²) in [7, 11) is -4.10. The Labute approximate surface area is 204 Å². The SMILES string of the molecule is C[C@]12CCC3C4CCOC=C4CCC3C1CC[C@@H]2OC(=O)c1cc(S(N)(=O)=O)c(Cl)cc1Cl. The molecule has 33 heavy (non-hydrogen) atoms. The summed E-state index contributed by atoms with van der Waals surface area (Å²) < 4.78 is 35.3.